The Kier molecular flexibility index (Phi) is 69.2. The van der Waals surface area contributed by atoms with Crippen molar-refractivity contribution in [3.63, 3.8) is 0 Å². The number of carbonyl (C=O) groups excluding carboxylic acids is 3. The second kappa shape index (κ2) is 73.0. The normalized spacial score (nSPS) is 13.5. The van der Waals surface area contributed by atoms with Crippen molar-refractivity contribution in [3.8, 4) is 0 Å². The Bertz CT molecular complexity index is 2040. The maximum Gasteiger partial charge on any atom is 0.306 e. The molecule has 0 aliphatic carbocycles. The lowest BCUT2D eigenvalue weighted by atomic mass is 10.0. The average molecular weight is 1290 g/mol. The molecule has 9 nitrogen and oxygen atoms in total. The largest absolute Gasteiger partial charge is 0.545 e. The maximum atomic E-state index is 12.9. The number of carbonyl (C=O) groups is 3. The molecule has 0 amide bonds. The number of hydrogen-bond donors (Lipinski definition) is 0. The minimum Gasteiger partial charge on any atom is -0.545 e. The Hall–Kier alpha value is -4.83. The molecule has 0 saturated carbocycles. The molecule has 0 aliphatic heterocycles. The molecule has 0 aromatic rings. The number of quaternary nitrogens is 1. The zero-order valence-corrected chi connectivity index (χ0v) is 60.6. The van der Waals surface area contributed by atoms with Crippen LogP contribution in [0.3, 0.4) is 0 Å². The zero-order chi connectivity index (χ0) is 67.5. The van der Waals surface area contributed by atoms with Gasteiger partial charge in [-0.05, 0) is 103 Å². The summed E-state index contributed by atoms with van der Waals surface area (Å²) in [6.45, 7) is 4.61. The number of likely N-dealkylation sites (N-methyl/N-ethyl adjacent to an activating group) is 1. The number of rotatable bonds is 69. The van der Waals surface area contributed by atoms with Gasteiger partial charge < -0.3 is 33.3 Å². The highest BCUT2D eigenvalue weighted by Crippen LogP contribution is 2.18. The highest BCUT2D eigenvalue weighted by Gasteiger charge is 2.22. The molecule has 0 rings (SSSR count). The van der Waals surface area contributed by atoms with E-state index in [0.717, 1.165) is 109 Å². The fraction of sp³-hybridized carbons (Fsp3) is 0.679. The third-order valence-electron chi connectivity index (χ3n) is 16.1. The van der Waals surface area contributed by atoms with Crippen molar-refractivity contribution in [2.45, 2.75) is 322 Å². The molecule has 0 aromatic heterocycles. The Balaban J connectivity index is 4.20. The van der Waals surface area contributed by atoms with Crippen LogP contribution in [-0.4, -0.2) is 82.3 Å². The van der Waals surface area contributed by atoms with Gasteiger partial charge in [-0.1, -0.05) is 339 Å². The van der Waals surface area contributed by atoms with Gasteiger partial charge in [-0.15, -0.1) is 0 Å². The Morgan fingerprint density at radius 2 is 0.613 bits per heavy atom. The van der Waals surface area contributed by atoms with Crippen molar-refractivity contribution in [1.82, 2.24) is 0 Å². The number of unbranched alkanes of at least 4 members (excludes halogenated alkanes) is 30. The first kappa shape index (κ1) is 88.2. The lowest BCUT2D eigenvalue weighted by Crippen LogP contribution is -2.44. The molecule has 0 radical (unpaired) electrons. The smallest absolute Gasteiger partial charge is 0.306 e. The molecule has 0 saturated heterocycles. The van der Waals surface area contributed by atoms with E-state index in [-0.39, 0.29) is 38.6 Å². The average Bonchev–Trinajstić information content (AvgIpc) is 3.38. The predicted molar refractivity (Wildman–Crippen MR) is 398 cm³/mol. The Morgan fingerprint density at radius 3 is 0.914 bits per heavy atom. The van der Waals surface area contributed by atoms with Gasteiger partial charge in [-0.2, -0.15) is 0 Å². The van der Waals surface area contributed by atoms with Gasteiger partial charge in [-0.25, -0.2) is 0 Å². The van der Waals surface area contributed by atoms with Crippen LogP contribution in [0.1, 0.15) is 309 Å². The van der Waals surface area contributed by atoms with E-state index < -0.39 is 24.3 Å². The van der Waals surface area contributed by atoms with Crippen LogP contribution >= 0.6 is 0 Å². The number of esters is 2. The molecule has 0 bridgehead atoms. The molecule has 530 valence electrons. The number of ether oxygens (including phenoxy) is 4. The summed E-state index contributed by atoms with van der Waals surface area (Å²) in [6, 6.07) is 0. The van der Waals surface area contributed by atoms with Crippen LogP contribution in [0, 0.1) is 0 Å². The summed E-state index contributed by atoms with van der Waals surface area (Å²) >= 11 is 0. The summed E-state index contributed by atoms with van der Waals surface area (Å²) in [7, 11) is 5.91. The van der Waals surface area contributed by atoms with Crippen LogP contribution in [0.2, 0.25) is 0 Å². The van der Waals surface area contributed by atoms with Gasteiger partial charge in [0.25, 0.3) is 0 Å². The van der Waals surface area contributed by atoms with Gasteiger partial charge in [0.2, 0.25) is 0 Å². The van der Waals surface area contributed by atoms with Gasteiger partial charge >= 0.3 is 11.9 Å². The van der Waals surface area contributed by atoms with Crippen molar-refractivity contribution in [3.05, 3.63) is 146 Å². The first-order valence-electron chi connectivity index (χ1n) is 38.0. The molecular formula is C84H141NO8. The summed E-state index contributed by atoms with van der Waals surface area (Å²) < 4.78 is 22.8. The van der Waals surface area contributed by atoms with E-state index >= 15 is 0 Å². The van der Waals surface area contributed by atoms with Gasteiger partial charge in [0.1, 0.15) is 13.2 Å². The predicted octanol–water partition coefficient (Wildman–Crippen LogP) is 22.9. The Labute approximate surface area is 572 Å². The zero-order valence-electron chi connectivity index (χ0n) is 60.6. The first-order chi connectivity index (χ1) is 45.6. The van der Waals surface area contributed by atoms with E-state index in [2.05, 4.69) is 160 Å². The third kappa shape index (κ3) is 74.4. The van der Waals surface area contributed by atoms with Gasteiger partial charge in [0, 0.05) is 12.8 Å². The first-order valence-corrected chi connectivity index (χ1v) is 38.0. The van der Waals surface area contributed by atoms with E-state index in [9.17, 15) is 19.5 Å². The minimum absolute atomic E-state index is 0.133. The quantitative estimate of drug-likeness (QED) is 0.0195. The number of hydrogen-bond acceptors (Lipinski definition) is 8. The van der Waals surface area contributed by atoms with Crippen LogP contribution in [-0.2, 0) is 33.3 Å². The molecule has 0 N–H and O–H groups in total. The van der Waals surface area contributed by atoms with Gasteiger partial charge in [0.05, 0.1) is 40.3 Å². The highest BCUT2D eigenvalue weighted by atomic mass is 16.7. The second-order valence-corrected chi connectivity index (χ2v) is 26.2. The SMILES string of the molecule is CC/C=C\C/C=C\C/C=C\C/C=C\C/C=C\C/C=C\C/C=C\C/C=C\C/C=C\C/C=C\C/C=C\C/C=C\CCCCC(=O)OC(COC(=O)CCCCCCCCCCCCCCCCCCCCCCCCCCCCCCC)COC(OCC[N+](C)(C)C)C(=O)[O-]. The van der Waals surface area contributed by atoms with Crippen LogP contribution < -0.4 is 5.11 Å². The lowest BCUT2D eigenvalue weighted by Gasteiger charge is -2.26. The summed E-state index contributed by atoms with van der Waals surface area (Å²) in [5.41, 5.74) is 0. The molecule has 0 heterocycles. The van der Waals surface area contributed by atoms with E-state index in [1.807, 2.05) is 21.1 Å². The van der Waals surface area contributed by atoms with Gasteiger partial charge in [0.15, 0.2) is 12.4 Å². The number of carboxylic acids is 1. The summed E-state index contributed by atoms with van der Waals surface area (Å²) in [4.78, 5) is 37.5. The number of allylic oxidation sites excluding steroid dienone is 24. The van der Waals surface area contributed by atoms with E-state index in [1.54, 1.807) is 0 Å². The fourth-order valence-electron chi connectivity index (χ4n) is 10.3. The van der Waals surface area contributed by atoms with E-state index in [4.69, 9.17) is 18.9 Å². The summed E-state index contributed by atoms with van der Waals surface area (Å²) in [5, 5.41) is 11.8. The minimum atomic E-state index is -1.64. The standard InChI is InChI=1S/C84H141NO8/c1-6-8-10-12-14-16-18-20-22-24-26-28-30-32-34-36-37-38-39-40-41-42-43-44-45-47-49-51-53-55-57-59-61-63-65-67-69-71-73-75-82(87)93-80(79-92-84(83(88)89)90-77-76-85(3,4)5)78-91-81(86)74-72-70-68-66-64-62-60-58-56-54-52-50-48-46-35-33-31-29-27-25-23-21-19-17-15-13-11-9-7-2/h8,10,14,16,20,22,26,28,32,34,37-38,40-41,43-44,47,49,53,55,59,61,65,67,80,84H,6-7,9,11-13,15,17-19,21,23-25,27,29-31,33,35-36,39,42,45-46,48,50-52,54,56-58,60,62-64,66,68-79H2,1-5H3/b10-8-,16-14-,22-20-,28-26-,34-32-,38-37-,41-40-,44-43-,49-47-,55-53-,61-59-,67-65-. The molecule has 2 unspecified atom stereocenters. The van der Waals surface area contributed by atoms with Crippen molar-refractivity contribution < 1.29 is 42.9 Å². The molecule has 0 spiro atoms. The topological polar surface area (TPSA) is 111 Å². The molecule has 0 fully saturated rings. The highest BCUT2D eigenvalue weighted by molar-refractivity contribution is 5.70. The van der Waals surface area contributed by atoms with Crippen LogP contribution in [0.25, 0.3) is 0 Å². The maximum absolute atomic E-state index is 12.9. The number of carboxylic acid groups (broad SMARTS) is 1. The summed E-state index contributed by atoms with van der Waals surface area (Å²) in [6.07, 6.45) is 104. The van der Waals surface area contributed by atoms with Crippen LogP contribution in [0.4, 0.5) is 0 Å². The lowest BCUT2D eigenvalue weighted by molar-refractivity contribution is -0.870. The monoisotopic (exact) mass is 1290 g/mol. The van der Waals surface area contributed by atoms with Crippen molar-refractivity contribution in [2.75, 3.05) is 47.5 Å². The third-order valence-corrected chi connectivity index (χ3v) is 16.1. The van der Waals surface area contributed by atoms with Crippen molar-refractivity contribution >= 4 is 17.9 Å². The Morgan fingerprint density at radius 1 is 0.333 bits per heavy atom. The molecule has 0 aliphatic rings. The van der Waals surface area contributed by atoms with Crippen molar-refractivity contribution in [2.24, 2.45) is 0 Å². The van der Waals surface area contributed by atoms with Gasteiger partial charge in [-0.3, -0.25) is 9.59 Å². The van der Waals surface area contributed by atoms with Crippen LogP contribution in [0.15, 0.2) is 146 Å². The van der Waals surface area contributed by atoms with E-state index in [0.29, 0.717) is 17.4 Å². The molecular weight excluding hydrogens is 1150 g/mol. The number of aliphatic carboxylic acids is 1. The van der Waals surface area contributed by atoms with Crippen LogP contribution in [0.5, 0.6) is 0 Å². The molecule has 2 atom stereocenters. The van der Waals surface area contributed by atoms with E-state index in [1.165, 1.54) is 167 Å². The van der Waals surface area contributed by atoms with Crippen molar-refractivity contribution in [1.29, 1.82) is 0 Å². The summed E-state index contributed by atoms with van der Waals surface area (Å²) in [5.74, 6) is -2.34. The molecule has 0 aromatic carbocycles. The fourth-order valence-corrected chi connectivity index (χ4v) is 10.3. The molecule has 93 heavy (non-hydrogen) atoms. The number of nitrogens with zero attached hydrogens (tertiary/aromatic N) is 1. The second-order valence-electron chi connectivity index (χ2n) is 26.2. The molecule has 9 heteroatoms.